The zero-order chi connectivity index (χ0) is 20.3. The molecule has 1 aromatic carbocycles. The van der Waals surface area contributed by atoms with Gasteiger partial charge >= 0.3 is 0 Å². The number of aromatic nitrogens is 2. The molecule has 2 aliphatic rings. The van der Waals surface area contributed by atoms with E-state index in [1.165, 1.54) is 24.8 Å². The van der Waals surface area contributed by atoms with Crippen LogP contribution in [0.4, 0.5) is 0 Å². The summed E-state index contributed by atoms with van der Waals surface area (Å²) < 4.78 is 8.03. The van der Waals surface area contributed by atoms with Gasteiger partial charge in [0.05, 0.1) is 5.69 Å². The molecule has 1 saturated heterocycles. The molecule has 7 heteroatoms. The van der Waals surface area contributed by atoms with E-state index in [0.29, 0.717) is 18.8 Å². The summed E-state index contributed by atoms with van der Waals surface area (Å²) in [6, 6.07) is 8.22. The third-order valence-electron chi connectivity index (χ3n) is 6.11. The largest absolute Gasteiger partial charge is 0.492 e. The van der Waals surface area contributed by atoms with Crippen molar-refractivity contribution in [3.63, 3.8) is 0 Å². The lowest BCUT2D eigenvalue weighted by Crippen LogP contribution is -2.35. The fraction of sp³-hybridized carbons (Fsp3) is 0.478. The minimum absolute atomic E-state index is 0.0919. The molecular weight excluding hydrogens is 396 g/mol. The predicted octanol–water partition coefficient (Wildman–Crippen LogP) is 4.20. The van der Waals surface area contributed by atoms with Crippen molar-refractivity contribution in [2.45, 2.75) is 45.2 Å². The number of fused-ring (bicyclic) bond motifs is 2. The lowest BCUT2D eigenvalue weighted by atomic mass is 10.1. The lowest BCUT2D eigenvalue weighted by Gasteiger charge is -2.25. The number of ether oxygens (including phenoxy) is 1. The van der Waals surface area contributed by atoms with Crippen molar-refractivity contribution in [1.82, 2.24) is 19.2 Å². The number of imidazole rings is 1. The van der Waals surface area contributed by atoms with Gasteiger partial charge in [0.15, 0.2) is 10.7 Å². The number of rotatable bonds is 3. The van der Waals surface area contributed by atoms with Gasteiger partial charge in [-0.15, -0.1) is 11.3 Å². The number of likely N-dealkylation sites (tertiary alicyclic amines) is 1. The number of amides is 1. The highest BCUT2D eigenvalue weighted by atomic mass is 32.1. The number of hydrogen-bond acceptors (Lipinski definition) is 5. The zero-order valence-corrected chi connectivity index (χ0v) is 18.1. The molecular formula is C23H28N4O2S. The van der Waals surface area contributed by atoms with Crippen molar-refractivity contribution in [1.29, 1.82) is 0 Å². The number of carbonyl (C=O) groups is 1. The molecule has 2 aliphatic heterocycles. The first-order valence-corrected chi connectivity index (χ1v) is 11.8. The van der Waals surface area contributed by atoms with E-state index in [-0.39, 0.29) is 5.91 Å². The molecule has 3 aromatic rings. The summed E-state index contributed by atoms with van der Waals surface area (Å²) in [6.07, 6.45) is 7.91. The van der Waals surface area contributed by atoms with E-state index in [4.69, 9.17) is 9.72 Å². The Labute approximate surface area is 181 Å². The maximum absolute atomic E-state index is 13.5. The van der Waals surface area contributed by atoms with E-state index in [2.05, 4.69) is 21.4 Å². The van der Waals surface area contributed by atoms with Crippen LogP contribution in [-0.2, 0) is 13.1 Å². The molecule has 0 unspecified atom stereocenters. The second-order valence-electron chi connectivity index (χ2n) is 8.19. The van der Waals surface area contributed by atoms with Crippen LogP contribution in [0.3, 0.4) is 0 Å². The molecule has 0 spiro atoms. The van der Waals surface area contributed by atoms with Gasteiger partial charge in [0.25, 0.3) is 5.91 Å². The van der Waals surface area contributed by atoms with Crippen LogP contribution in [0.5, 0.6) is 5.75 Å². The third kappa shape index (κ3) is 3.96. The maximum Gasteiger partial charge on any atom is 0.274 e. The second-order valence-corrected chi connectivity index (χ2v) is 9.06. The summed E-state index contributed by atoms with van der Waals surface area (Å²) in [6.45, 7) is 4.65. The minimum Gasteiger partial charge on any atom is -0.492 e. The first-order chi connectivity index (χ1) is 14.8. The Balaban J connectivity index is 1.42. The highest BCUT2D eigenvalue weighted by Crippen LogP contribution is 2.26. The van der Waals surface area contributed by atoms with Crippen LogP contribution in [-0.4, -0.2) is 51.3 Å². The molecule has 0 aliphatic carbocycles. The Morgan fingerprint density at radius 3 is 2.73 bits per heavy atom. The molecule has 158 valence electrons. The standard InChI is InChI=1S/C23H28N4O2S/c28-22(26-10-6-2-1-3-7-11-26)21-19(27-13-15-30-23(27)24-21)17-25-12-14-29-20-9-5-4-8-18(20)16-25/h4-5,8-9,13,15H,1-3,6-7,10-12,14,16-17H2. The molecule has 0 N–H and O–H groups in total. The van der Waals surface area contributed by atoms with Crippen LogP contribution in [0.1, 0.15) is 53.8 Å². The molecule has 1 amide bonds. The van der Waals surface area contributed by atoms with Crippen LogP contribution in [0.25, 0.3) is 4.96 Å². The van der Waals surface area contributed by atoms with E-state index in [0.717, 1.165) is 55.4 Å². The van der Waals surface area contributed by atoms with Gasteiger partial charge < -0.3 is 9.64 Å². The van der Waals surface area contributed by atoms with Gasteiger partial charge in [0, 0.05) is 49.9 Å². The zero-order valence-electron chi connectivity index (χ0n) is 17.3. The van der Waals surface area contributed by atoms with E-state index in [9.17, 15) is 4.79 Å². The highest BCUT2D eigenvalue weighted by molar-refractivity contribution is 7.15. The normalized spacial score (nSPS) is 18.3. The van der Waals surface area contributed by atoms with Crippen LogP contribution in [0.15, 0.2) is 35.8 Å². The number of nitrogens with zero attached hydrogens (tertiary/aromatic N) is 4. The fourth-order valence-electron chi connectivity index (χ4n) is 4.48. The maximum atomic E-state index is 13.5. The quantitative estimate of drug-likeness (QED) is 0.632. The van der Waals surface area contributed by atoms with Gasteiger partial charge in [0.2, 0.25) is 0 Å². The summed E-state index contributed by atoms with van der Waals surface area (Å²) in [7, 11) is 0. The summed E-state index contributed by atoms with van der Waals surface area (Å²) in [5.74, 6) is 1.06. The molecule has 30 heavy (non-hydrogen) atoms. The summed E-state index contributed by atoms with van der Waals surface area (Å²) in [4.78, 5) is 23.5. The highest BCUT2D eigenvalue weighted by Gasteiger charge is 2.26. The molecule has 1 fully saturated rings. The monoisotopic (exact) mass is 424 g/mol. The van der Waals surface area contributed by atoms with Gasteiger partial charge in [-0.25, -0.2) is 4.98 Å². The van der Waals surface area contributed by atoms with Gasteiger partial charge in [-0.3, -0.25) is 14.1 Å². The molecule has 0 radical (unpaired) electrons. The summed E-state index contributed by atoms with van der Waals surface area (Å²) in [5.41, 5.74) is 2.82. The summed E-state index contributed by atoms with van der Waals surface area (Å²) >= 11 is 1.59. The molecule has 2 aromatic heterocycles. The van der Waals surface area contributed by atoms with Gasteiger partial charge in [-0.1, -0.05) is 37.5 Å². The number of carbonyl (C=O) groups excluding carboxylic acids is 1. The number of benzene rings is 1. The molecule has 0 saturated carbocycles. The second kappa shape index (κ2) is 8.78. The number of para-hydroxylation sites is 1. The molecule has 4 heterocycles. The Bertz CT molecular complexity index is 1020. The first-order valence-electron chi connectivity index (χ1n) is 11.0. The smallest absolute Gasteiger partial charge is 0.274 e. The predicted molar refractivity (Wildman–Crippen MR) is 118 cm³/mol. The molecule has 6 nitrogen and oxygen atoms in total. The van der Waals surface area contributed by atoms with Crippen LogP contribution >= 0.6 is 11.3 Å². The Kier molecular flexibility index (Phi) is 5.73. The van der Waals surface area contributed by atoms with Crippen LogP contribution in [0.2, 0.25) is 0 Å². The average molecular weight is 425 g/mol. The topological polar surface area (TPSA) is 50.1 Å². The number of hydrogen-bond donors (Lipinski definition) is 0. The van der Waals surface area contributed by atoms with E-state index >= 15 is 0 Å². The Morgan fingerprint density at radius 2 is 1.87 bits per heavy atom. The van der Waals surface area contributed by atoms with E-state index < -0.39 is 0 Å². The van der Waals surface area contributed by atoms with Crippen LogP contribution < -0.4 is 4.74 Å². The van der Waals surface area contributed by atoms with E-state index in [1.807, 2.05) is 28.6 Å². The molecule has 5 rings (SSSR count). The van der Waals surface area contributed by atoms with Crippen molar-refractivity contribution < 1.29 is 9.53 Å². The lowest BCUT2D eigenvalue weighted by molar-refractivity contribution is 0.0734. The average Bonchev–Trinajstić information content (AvgIpc) is 3.24. The van der Waals surface area contributed by atoms with Gasteiger partial charge in [-0.05, 0) is 18.9 Å². The SMILES string of the molecule is O=C(c1nc2sccn2c1CN1CCOc2ccccc2C1)N1CCCCCCC1. The van der Waals surface area contributed by atoms with Crippen LogP contribution in [0, 0.1) is 0 Å². The fourth-order valence-corrected chi connectivity index (χ4v) is 5.21. The minimum atomic E-state index is 0.0919. The van der Waals surface area contributed by atoms with Crippen molar-refractivity contribution in [2.24, 2.45) is 0 Å². The molecule has 0 bridgehead atoms. The van der Waals surface area contributed by atoms with Gasteiger partial charge in [0.1, 0.15) is 12.4 Å². The molecule has 0 atom stereocenters. The third-order valence-corrected chi connectivity index (χ3v) is 6.87. The van der Waals surface area contributed by atoms with Crippen molar-refractivity contribution in [3.05, 3.63) is 52.8 Å². The van der Waals surface area contributed by atoms with Crippen molar-refractivity contribution >= 4 is 22.2 Å². The van der Waals surface area contributed by atoms with Gasteiger partial charge in [-0.2, -0.15) is 0 Å². The van der Waals surface area contributed by atoms with E-state index in [1.54, 1.807) is 11.3 Å². The summed E-state index contributed by atoms with van der Waals surface area (Å²) in [5, 5.41) is 2.04. The number of thiazole rings is 1. The first kappa shape index (κ1) is 19.6. The Morgan fingerprint density at radius 1 is 1.07 bits per heavy atom. The Hall–Kier alpha value is -2.38. The van der Waals surface area contributed by atoms with Crippen molar-refractivity contribution in [2.75, 3.05) is 26.2 Å². The van der Waals surface area contributed by atoms with Crippen molar-refractivity contribution in [3.8, 4) is 5.75 Å².